The van der Waals surface area contributed by atoms with Gasteiger partial charge in [-0.15, -0.1) is 11.8 Å². The quantitative estimate of drug-likeness (QED) is 0.519. The van der Waals surface area contributed by atoms with E-state index in [4.69, 9.17) is 4.74 Å². The molecule has 0 N–H and O–H groups in total. The first-order chi connectivity index (χ1) is 10.8. The first-order valence-corrected chi connectivity index (χ1v) is 8.35. The van der Waals surface area contributed by atoms with E-state index >= 15 is 0 Å². The third kappa shape index (κ3) is 1.66. The van der Waals surface area contributed by atoms with Crippen molar-refractivity contribution in [3.8, 4) is 5.75 Å². The highest BCUT2D eigenvalue weighted by atomic mass is 32.2. The van der Waals surface area contributed by atoms with Gasteiger partial charge in [-0.1, -0.05) is 66.7 Å². The summed E-state index contributed by atoms with van der Waals surface area (Å²) in [6.45, 7) is 0. The average Bonchev–Trinajstić information content (AvgIpc) is 2.88. The van der Waals surface area contributed by atoms with Crippen LogP contribution in [0.4, 0.5) is 0 Å². The molecule has 0 saturated carbocycles. The predicted molar refractivity (Wildman–Crippen MR) is 90.3 cm³/mol. The van der Waals surface area contributed by atoms with Crippen molar-refractivity contribution >= 4 is 28.5 Å². The van der Waals surface area contributed by atoms with Gasteiger partial charge in [0, 0.05) is 10.9 Å². The predicted octanol–water partition coefficient (Wildman–Crippen LogP) is 4.37. The van der Waals surface area contributed by atoms with Gasteiger partial charge in [-0.2, -0.15) is 0 Å². The van der Waals surface area contributed by atoms with Gasteiger partial charge in [0.05, 0.1) is 0 Å². The zero-order chi connectivity index (χ0) is 15.2. The van der Waals surface area contributed by atoms with Crippen LogP contribution >= 0.6 is 11.8 Å². The number of hydrogen-bond acceptors (Lipinski definition) is 3. The summed E-state index contributed by atoms with van der Waals surface area (Å²) >= 11 is 1.52. The molecule has 1 heterocycles. The lowest BCUT2D eigenvalue weighted by Gasteiger charge is -2.24. The fourth-order valence-corrected chi connectivity index (χ4v) is 4.12. The average molecular weight is 306 g/mol. The molecule has 1 unspecified atom stereocenters. The number of thioether (sulfide) groups is 1. The molecule has 0 radical (unpaired) electrons. The molecular weight excluding hydrogens is 292 g/mol. The Labute approximate surface area is 133 Å². The van der Waals surface area contributed by atoms with E-state index in [0.717, 1.165) is 21.9 Å². The Morgan fingerprint density at radius 1 is 0.909 bits per heavy atom. The molecular formula is C19H14O2S. The Hall–Kier alpha value is -2.26. The van der Waals surface area contributed by atoms with Crippen molar-refractivity contribution in [2.45, 2.75) is 4.75 Å². The molecule has 1 aliphatic heterocycles. The molecule has 1 aliphatic rings. The maximum Gasteiger partial charge on any atom is 0.336 e. The highest BCUT2D eigenvalue weighted by Crippen LogP contribution is 2.52. The fraction of sp³-hybridized carbons (Fsp3) is 0.105. The summed E-state index contributed by atoms with van der Waals surface area (Å²) in [5, 5.41) is 2.07. The van der Waals surface area contributed by atoms with Crippen LogP contribution in [0.1, 0.15) is 11.1 Å². The second kappa shape index (κ2) is 4.89. The Morgan fingerprint density at radius 2 is 1.64 bits per heavy atom. The van der Waals surface area contributed by atoms with Gasteiger partial charge in [0.1, 0.15) is 5.75 Å². The number of ether oxygens (including phenoxy) is 1. The van der Waals surface area contributed by atoms with Crippen LogP contribution in [0, 0.1) is 0 Å². The number of carbonyl (C=O) groups is 1. The van der Waals surface area contributed by atoms with Crippen molar-refractivity contribution in [3.05, 3.63) is 77.9 Å². The number of esters is 1. The summed E-state index contributed by atoms with van der Waals surface area (Å²) in [6, 6.07) is 21.9. The number of hydrogen-bond donors (Lipinski definition) is 0. The highest BCUT2D eigenvalue weighted by molar-refractivity contribution is 8.00. The lowest BCUT2D eigenvalue weighted by Crippen LogP contribution is -2.31. The first-order valence-electron chi connectivity index (χ1n) is 7.12. The zero-order valence-electron chi connectivity index (χ0n) is 12.1. The Bertz CT molecular complexity index is 873. The molecule has 0 amide bonds. The molecule has 2 nitrogen and oxygen atoms in total. The number of fused-ring (bicyclic) bond motifs is 3. The molecule has 0 saturated heterocycles. The SMILES string of the molecule is CSC1(c2ccccc2)C(=O)Oc2c1ccc1ccccc21. The standard InChI is InChI=1S/C19H14O2S/c1-22-19(14-8-3-2-4-9-14)16-12-11-13-7-5-6-10-15(13)17(16)21-18(19)20/h2-12H,1H3. The van der Waals surface area contributed by atoms with Gasteiger partial charge in [0.2, 0.25) is 0 Å². The van der Waals surface area contributed by atoms with E-state index in [2.05, 4.69) is 6.07 Å². The minimum absolute atomic E-state index is 0.211. The number of carbonyl (C=O) groups excluding carboxylic acids is 1. The fourth-order valence-electron chi connectivity index (χ4n) is 3.16. The smallest absolute Gasteiger partial charge is 0.336 e. The Kier molecular flexibility index (Phi) is 2.98. The Balaban J connectivity index is 2.05. The van der Waals surface area contributed by atoms with Crippen molar-refractivity contribution in [1.29, 1.82) is 0 Å². The van der Waals surface area contributed by atoms with Crippen molar-refractivity contribution in [2.24, 2.45) is 0 Å². The molecule has 3 aromatic rings. The second-order valence-electron chi connectivity index (χ2n) is 5.30. The van der Waals surface area contributed by atoms with Crippen molar-refractivity contribution in [1.82, 2.24) is 0 Å². The van der Waals surface area contributed by atoms with Crippen LogP contribution in [0.2, 0.25) is 0 Å². The molecule has 0 aromatic heterocycles. The monoisotopic (exact) mass is 306 g/mol. The maximum atomic E-state index is 12.8. The maximum absolute atomic E-state index is 12.8. The van der Waals surface area contributed by atoms with Crippen LogP contribution in [0.3, 0.4) is 0 Å². The van der Waals surface area contributed by atoms with E-state index in [-0.39, 0.29) is 5.97 Å². The van der Waals surface area contributed by atoms with E-state index in [1.165, 1.54) is 11.8 Å². The molecule has 108 valence electrons. The van der Waals surface area contributed by atoms with Gasteiger partial charge >= 0.3 is 5.97 Å². The summed E-state index contributed by atoms with van der Waals surface area (Å²) in [4.78, 5) is 12.8. The Morgan fingerprint density at radius 3 is 2.41 bits per heavy atom. The van der Waals surface area contributed by atoms with E-state index in [9.17, 15) is 4.79 Å². The molecule has 22 heavy (non-hydrogen) atoms. The summed E-state index contributed by atoms with van der Waals surface area (Å²) in [5.74, 6) is 0.485. The molecule has 0 spiro atoms. The lowest BCUT2D eigenvalue weighted by molar-refractivity contribution is -0.134. The third-order valence-corrected chi connectivity index (χ3v) is 5.46. The van der Waals surface area contributed by atoms with Crippen molar-refractivity contribution in [3.63, 3.8) is 0 Å². The van der Waals surface area contributed by atoms with Gasteiger partial charge in [-0.25, -0.2) is 4.79 Å². The summed E-state index contributed by atoms with van der Waals surface area (Å²) < 4.78 is 4.94. The van der Waals surface area contributed by atoms with E-state index in [1.54, 1.807) is 0 Å². The van der Waals surface area contributed by atoms with Gasteiger partial charge in [0.15, 0.2) is 4.75 Å². The summed E-state index contributed by atoms with van der Waals surface area (Å²) in [7, 11) is 0. The van der Waals surface area contributed by atoms with Crippen molar-refractivity contribution < 1.29 is 9.53 Å². The number of benzene rings is 3. The van der Waals surface area contributed by atoms with Crippen molar-refractivity contribution in [2.75, 3.05) is 6.26 Å². The summed E-state index contributed by atoms with van der Waals surface area (Å²) in [6.07, 6.45) is 1.96. The summed E-state index contributed by atoms with van der Waals surface area (Å²) in [5.41, 5.74) is 1.90. The van der Waals surface area contributed by atoms with Gasteiger partial charge in [-0.3, -0.25) is 0 Å². The normalized spacial score (nSPS) is 20.0. The minimum atomic E-state index is -0.777. The van der Waals surface area contributed by atoms with Crippen LogP contribution in [-0.4, -0.2) is 12.2 Å². The highest BCUT2D eigenvalue weighted by Gasteiger charge is 2.50. The largest absolute Gasteiger partial charge is 0.424 e. The van der Waals surface area contributed by atoms with Gasteiger partial charge in [-0.05, 0) is 17.2 Å². The molecule has 0 fully saturated rings. The van der Waals surface area contributed by atoms with Crippen LogP contribution in [0.15, 0.2) is 66.7 Å². The minimum Gasteiger partial charge on any atom is -0.424 e. The van der Waals surface area contributed by atoms with Crippen LogP contribution < -0.4 is 4.74 Å². The number of rotatable bonds is 2. The molecule has 4 rings (SSSR count). The van der Waals surface area contributed by atoms with E-state index < -0.39 is 4.75 Å². The van der Waals surface area contributed by atoms with E-state index in [0.29, 0.717) is 5.75 Å². The molecule has 3 aromatic carbocycles. The van der Waals surface area contributed by atoms with Crippen LogP contribution in [0.5, 0.6) is 5.75 Å². The van der Waals surface area contributed by atoms with E-state index in [1.807, 2.05) is 66.9 Å². The van der Waals surface area contributed by atoms with Crippen LogP contribution in [-0.2, 0) is 9.54 Å². The molecule has 1 atom stereocenters. The van der Waals surface area contributed by atoms with Gasteiger partial charge in [0.25, 0.3) is 0 Å². The van der Waals surface area contributed by atoms with Gasteiger partial charge < -0.3 is 4.74 Å². The third-order valence-electron chi connectivity index (χ3n) is 4.23. The van der Waals surface area contributed by atoms with Crippen LogP contribution in [0.25, 0.3) is 10.8 Å². The zero-order valence-corrected chi connectivity index (χ0v) is 12.9. The lowest BCUT2D eigenvalue weighted by atomic mass is 9.90. The topological polar surface area (TPSA) is 26.3 Å². The molecule has 0 bridgehead atoms. The molecule has 0 aliphatic carbocycles. The molecule has 3 heteroatoms. The second-order valence-corrected chi connectivity index (χ2v) is 6.32. The first kappa shape index (κ1) is 13.4.